The number of rotatable bonds is 2. The van der Waals surface area contributed by atoms with E-state index in [1.165, 1.54) is 5.48 Å². The van der Waals surface area contributed by atoms with Gasteiger partial charge in [0, 0.05) is 0 Å². The van der Waals surface area contributed by atoms with Crippen LogP contribution in [-0.2, 0) is 4.79 Å². The molecule has 0 radical (unpaired) electrons. The molecule has 0 saturated heterocycles. The predicted octanol–water partition coefficient (Wildman–Crippen LogP) is -0.950. The van der Waals surface area contributed by atoms with Crippen molar-refractivity contribution in [3.05, 3.63) is 0 Å². The van der Waals surface area contributed by atoms with Crippen LogP contribution in [0.5, 0.6) is 0 Å². The fourth-order valence-corrected chi connectivity index (χ4v) is 0.0676. The van der Waals surface area contributed by atoms with Crippen LogP contribution < -0.4 is 5.48 Å². The smallest absolute Gasteiger partial charge is 0.319 e. The zero-order chi connectivity index (χ0) is 4.99. The summed E-state index contributed by atoms with van der Waals surface area (Å²) in [5.74, 6) is -1.07. The van der Waals surface area contributed by atoms with E-state index >= 15 is 0 Å². The van der Waals surface area contributed by atoms with Crippen LogP contribution in [0.25, 0.3) is 0 Å². The Bertz CT molecular complexity index is 52.8. The Hall–Kier alpha value is -0.610. The third kappa shape index (κ3) is 3.39. The van der Waals surface area contributed by atoms with Gasteiger partial charge in [-0.1, -0.05) is 0 Å². The lowest BCUT2D eigenvalue weighted by atomic mass is 10.7. The number of hydrogen-bond acceptors (Lipinski definition) is 3. The van der Waals surface area contributed by atoms with Crippen LogP contribution in [0.1, 0.15) is 0 Å². The Kier molecular flexibility index (Phi) is 2.35. The third-order valence-corrected chi connectivity index (χ3v) is 0.230. The molecule has 0 aliphatic rings. The lowest BCUT2D eigenvalue weighted by Crippen LogP contribution is -2.17. The number of carboxylic acids is 1. The van der Waals surface area contributed by atoms with Gasteiger partial charge in [0.15, 0.2) is 0 Å². The third-order valence-electron chi connectivity index (χ3n) is 0.230. The monoisotopic (exact) mass is 91.0 g/mol. The molecule has 0 bridgehead atoms. The van der Waals surface area contributed by atoms with E-state index in [9.17, 15) is 4.79 Å². The predicted molar refractivity (Wildman–Crippen MR) is 17.4 cm³/mol. The number of carbonyl (C=O) groups is 1. The van der Waals surface area contributed by atoms with Crippen LogP contribution in [0.15, 0.2) is 0 Å². The maximum Gasteiger partial charge on any atom is 0.319 e. The Morgan fingerprint density at radius 2 is 2.33 bits per heavy atom. The fraction of sp³-hybridized carbons (Fsp3) is 0.500. The molecule has 0 aliphatic heterocycles. The lowest BCUT2D eigenvalue weighted by molar-refractivity contribution is -0.137. The molecule has 4 nitrogen and oxygen atoms in total. The number of nitrogens with one attached hydrogen (secondary N) is 1. The minimum atomic E-state index is -1.07. The van der Waals surface area contributed by atoms with Gasteiger partial charge in [-0.2, -0.15) is 5.48 Å². The van der Waals surface area contributed by atoms with Crippen LogP contribution in [0.2, 0.25) is 0 Å². The highest BCUT2D eigenvalue weighted by atomic mass is 16.5. The molecule has 0 spiro atoms. The fourth-order valence-electron chi connectivity index (χ4n) is 0.0676. The van der Waals surface area contributed by atoms with Crippen molar-refractivity contribution in [3.8, 4) is 0 Å². The molecule has 4 heteroatoms. The van der Waals surface area contributed by atoms with Crippen molar-refractivity contribution in [2.24, 2.45) is 0 Å². The summed E-state index contributed by atoms with van der Waals surface area (Å²) in [4.78, 5) is 9.38. The van der Waals surface area contributed by atoms with Crippen molar-refractivity contribution in [1.82, 2.24) is 5.48 Å². The van der Waals surface area contributed by atoms with Gasteiger partial charge in [-0.05, 0) is 0 Å². The van der Waals surface area contributed by atoms with Gasteiger partial charge in [-0.3, -0.25) is 4.79 Å². The summed E-state index contributed by atoms with van der Waals surface area (Å²) < 4.78 is 0. The summed E-state index contributed by atoms with van der Waals surface area (Å²) in [5.41, 5.74) is 1.47. The number of carboxylic acid groups (broad SMARTS) is 1. The molecular formula is C2H5NO3. The normalized spacial score (nSPS) is 8.17. The Balaban J connectivity index is 2.83. The summed E-state index contributed by atoms with van der Waals surface area (Å²) in [6, 6.07) is 0. The second-order valence-corrected chi connectivity index (χ2v) is 0.729. The Morgan fingerprint density at radius 1 is 1.83 bits per heavy atom. The van der Waals surface area contributed by atoms with Crippen molar-refractivity contribution in [2.45, 2.75) is 0 Å². The van der Waals surface area contributed by atoms with Crippen LogP contribution in [0, 0.1) is 0 Å². The Morgan fingerprint density at radius 3 is 2.33 bits per heavy atom. The zero-order valence-electron chi connectivity index (χ0n) is 3.01. The van der Waals surface area contributed by atoms with Gasteiger partial charge in [-0.25, -0.2) is 0 Å². The summed E-state index contributed by atoms with van der Waals surface area (Å²) >= 11 is 0. The lowest BCUT2D eigenvalue weighted by Gasteiger charge is -1.83. The van der Waals surface area contributed by atoms with Gasteiger partial charge in [-0.15, -0.1) is 0 Å². The molecule has 0 aromatic heterocycles. The van der Waals surface area contributed by atoms with Crippen LogP contribution in [-0.4, -0.2) is 22.8 Å². The first-order chi connectivity index (χ1) is 2.77. The molecule has 3 N–H and O–H groups in total. The van der Waals surface area contributed by atoms with E-state index in [2.05, 4.69) is 0 Å². The molecule has 0 aromatic rings. The van der Waals surface area contributed by atoms with Crippen molar-refractivity contribution in [3.63, 3.8) is 0 Å². The van der Waals surface area contributed by atoms with E-state index in [1.807, 2.05) is 0 Å². The van der Waals surface area contributed by atoms with Gasteiger partial charge in [0.1, 0.15) is 6.54 Å². The van der Waals surface area contributed by atoms with Crippen molar-refractivity contribution >= 4 is 5.97 Å². The van der Waals surface area contributed by atoms with E-state index < -0.39 is 12.5 Å². The van der Waals surface area contributed by atoms with E-state index in [-0.39, 0.29) is 0 Å². The maximum absolute atomic E-state index is 9.38. The first kappa shape index (κ1) is 5.39. The topological polar surface area (TPSA) is 69.6 Å². The summed E-state index contributed by atoms with van der Waals surface area (Å²) in [7, 11) is 0. The SMILES string of the molecule is O=C(O)CNO. The highest BCUT2D eigenvalue weighted by molar-refractivity contribution is 5.68. The van der Waals surface area contributed by atoms with Gasteiger partial charge in [0.2, 0.25) is 0 Å². The second-order valence-electron chi connectivity index (χ2n) is 0.729. The molecule has 6 heavy (non-hydrogen) atoms. The molecular weight excluding hydrogens is 86.0 g/mol. The minimum absolute atomic E-state index is 0.403. The molecule has 0 heterocycles. The maximum atomic E-state index is 9.38. The van der Waals surface area contributed by atoms with Crippen molar-refractivity contribution < 1.29 is 15.1 Å². The summed E-state index contributed by atoms with van der Waals surface area (Å²) in [6.07, 6.45) is 0. The number of hydrogen-bond donors (Lipinski definition) is 3. The minimum Gasteiger partial charge on any atom is -0.480 e. The van der Waals surface area contributed by atoms with Crippen LogP contribution in [0.3, 0.4) is 0 Å². The molecule has 0 amide bonds. The van der Waals surface area contributed by atoms with Crippen LogP contribution in [0.4, 0.5) is 0 Å². The average molecular weight is 91.1 g/mol. The molecule has 0 fully saturated rings. The highest BCUT2D eigenvalue weighted by Gasteiger charge is 1.87. The number of hydroxylamine groups is 1. The second kappa shape index (κ2) is 2.62. The zero-order valence-corrected chi connectivity index (χ0v) is 3.01. The van der Waals surface area contributed by atoms with E-state index in [4.69, 9.17) is 10.3 Å². The van der Waals surface area contributed by atoms with Gasteiger partial charge in [0.05, 0.1) is 0 Å². The van der Waals surface area contributed by atoms with E-state index in [1.54, 1.807) is 0 Å². The van der Waals surface area contributed by atoms with E-state index in [0.29, 0.717) is 0 Å². The van der Waals surface area contributed by atoms with Crippen molar-refractivity contribution in [1.29, 1.82) is 0 Å². The number of aliphatic carboxylic acids is 1. The molecule has 0 aromatic carbocycles. The summed E-state index contributed by atoms with van der Waals surface area (Å²) in [5, 5.41) is 15.3. The molecule has 0 saturated carbocycles. The molecule has 36 valence electrons. The summed E-state index contributed by atoms with van der Waals surface area (Å²) in [6.45, 7) is -0.403. The average Bonchev–Trinajstić information content (AvgIpc) is 1.35. The highest BCUT2D eigenvalue weighted by Crippen LogP contribution is 1.50. The molecule has 0 atom stereocenters. The molecule has 0 unspecified atom stereocenters. The first-order valence-corrected chi connectivity index (χ1v) is 1.36. The molecule has 0 rings (SSSR count). The molecule has 0 aliphatic carbocycles. The van der Waals surface area contributed by atoms with Gasteiger partial charge in [0.25, 0.3) is 0 Å². The van der Waals surface area contributed by atoms with E-state index in [0.717, 1.165) is 0 Å². The first-order valence-electron chi connectivity index (χ1n) is 1.36. The standard InChI is InChI=1S/C2H5NO3/c4-2(5)1-3-6/h3,6H,1H2,(H,4,5). The van der Waals surface area contributed by atoms with Crippen LogP contribution >= 0.6 is 0 Å². The van der Waals surface area contributed by atoms with Gasteiger partial charge < -0.3 is 10.3 Å². The van der Waals surface area contributed by atoms with Crippen molar-refractivity contribution in [2.75, 3.05) is 6.54 Å². The largest absolute Gasteiger partial charge is 0.480 e. The Labute approximate surface area is 34.4 Å². The van der Waals surface area contributed by atoms with Gasteiger partial charge >= 0.3 is 5.97 Å². The quantitative estimate of drug-likeness (QED) is 0.383.